The lowest BCUT2D eigenvalue weighted by molar-refractivity contribution is 1.54. The van der Waals surface area contributed by atoms with Crippen LogP contribution in [0, 0.1) is 0 Å². The van der Waals surface area contributed by atoms with Crippen LogP contribution < -0.4 is 0 Å². The van der Waals surface area contributed by atoms with Crippen molar-refractivity contribution in [1.29, 1.82) is 0 Å². The van der Waals surface area contributed by atoms with Crippen LogP contribution in [0.1, 0.15) is 6.92 Å². The minimum atomic E-state index is 1.13. The van der Waals surface area contributed by atoms with Gasteiger partial charge in [-0.05, 0) is 24.6 Å². The van der Waals surface area contributed by atoms with E-state index in [-0.39, 0.29) is 0 Å². The minimum Gasteiger partial charge on any atom is -0.253 e. The van der Waals surface area contributed by atoms with E-state index >= 15 is 0 Å². The van der Waals surface area contributed by atoms with Gasteiger partial charge in [0.1, 0.15) is 0 Å². The Balaban J connectivity index is 2.53. The quantitative estimate of drug-likeness (QED) is 0.457. The normalized spacial score (nSPS) is 21.2. The van der Waals surface area contributed by atoms with Crippen LogP contribution >= 0.6 is 0 Å². The van der Waals surface area contributed by atoms with Gasteiger partial charge in [-0.1, -0.05) is 0 Å². The summed E-state index contributed by atoms with van der Waals surface area (Å²) in [7, 11) is 0. The lowest BCUT2D eigenvalue weighted by Gasteiger charge is -1.81. The third kappa shape index (κ3) is 0.578. The lowest BCUT2D eigenvalue weighted by Crippen LogP contribution is -1.73. The zero-order chi connectivity index (χ0) is 6.27. The summed E-state index contributed by atoms with van der Waals surface area (Å²) >= 11 is 0. The van der Waals surface area contributed by atoms with Crippen molar-refractivity contribution in [2.75, 3.05) is 0 Å². The van der Waals surface area contributed by atoms with E-state index < -0.39 is 0 Å². The average Bonchev–Trinajstić information content (AvgIpc) is 2.22. The summed E-state index contributed by atoms with van der Waals surface area (Å²) in [4.78, 5) is 3.88. The van der Waals surface area contributed by atoms with E-state index in [0.29, 0.717) is 0 Å². The molecule has 1 aliphatic heterocycles. The molecule has 0 N–H and O–H groups in total. The smallest absolute Gasteiger partial charge is 0.0971 e. The molecule has 1 heterocycles. The predicted octanol–water partition coefficient (Wildman–Crippen LogP) is 1.72. The number of allylic oxidation sites excluding steroid dienone is 5. The van der Waals surface area contributed by atoms with Gasteiger partial charge in [-0.2, -0.15) is 0 Å². The van der Waals surface area contributed by atoms with Crippen molar-refractivity contribution in [2.24, 2.45) is 4.99 Å². The van der Waals surface area contributed by atoms with Crippen LogP contribution in [-0.2, 0) is 0 Å². The number of nitrogens with zero attached hydrogens (tertiary/aromatic N) is 1. The van der Waals surface area contributed by atoms with E-state index in [1.807, 2.05) is 6.20 Å². The molecule has 1 radical (unpaired) electrons. The van der Waals surface area contributed by atoms with Gasteiger partial charge in [0, 0.05) is 17.3 Å². The zero-order valence-corrected chi connectivity index (χ0v) is 5.18. The molecule has 1 heteroatoms. The highest BCUT2D eigenvalue weighted by atomic mass is 14.7. The minimum absolute atomic E-state index is 1.13. The number of aliphatic imine (C=N–C) groups is 1. The highest BCUT2D eigenvalue weighted by Gasteiger charge is 2.10. The summed E-state index contributed by atoms with van der Waals surface area (Å²) in [6, 6.07) is 0. The van der Waals surface area contributed by atoms with Gasteiger partial charge in [0.2, 0.25) is 0 Å². The Hall–Kier alpha value is -1.11. The lowest BCUT2D eigenvalue weighted by atomic mass is 10.2. The first-order chi connectivity index (χ1) is 4.36. The van der Waals surface area contributed by atoms with Crippen molar-refractivity contribution in [3.63, 3.8) is 0 Å². The summed E-state index contributed by atoms with van der Waals surface area (Å²) in [5, 5.41) is 0. The van der Waals surface area contributed by atoms with Crippen LogP contribution in [0.2, 0.25) is 0 Å². The Morgan fingerprint density at radius 3 is 3.11 bits per heavy atom. The summed E-state index contributed by atoms with van der Waals surface area (Å²) < 4.78 is 0. The van der Waals surface area contributed by atoms with E-state index in [9.17, 15) is 0 Å². The van der Waals surface area contributed by atoms with Gasteiger partial charge in [0.15, 0.2) is 0 Å². The van der Waals surface area contributed by atoms with Crippen molar-refractivity contribution in [3.05, 3.63) is 35.1 Å². The highest BCUT2D eigenvalue weighted by molar-refractivity contribution is 5.92. The monoisotopic (exact) mass is 116 g/mol. The van der Waals surface area contributed by atoms with Crippen molar-refractivity contribution >= 4 is 6.21 Å². The maximum atomic E-state index is 3.88. The van der Waals surface area contributed by atoms with Crippen LogP contribution in [0.3, 0.4) is 0 Å². The number of hydrogen-bond donors (Lipinski definition) is 0. The van der Waals surface area contributed by atoms with Crippen molar-refractivity contribution in [2.45, 2.75) is 6.92 Å². The van der Waals surface area contributed by atoms with Gasteiger partial charge in [-0.15, -0.1) is 0 Å². The van der Waals surface area contributed by atoms with Crippen LogP contribution in [0.25, 0.3) is 0 Å². The number of rotatable bonds is 0. The standard InChI is InChI=1S/C8H6N/c1-6-2-7-4-9-5-8(7)3-6/h2-4H,1H3. The first-order valence-corrected chi connectivity index (χ1v) is 2.93. The second-order valence-electron chi connectivity index (χ2n) is 2.27. The van der Waals surface area contributed by atoms with Gasteiger partial charge < -0.3 is 0 Å². The summed E-state index contributed by atoms with van der Waals surface area (Å²) in [6.07, 6.45) is 8.92. The molecule has 0 bridgehead atoms. The fourth-order valence-corrected chi connectivity index (χ4v) is 1.05. The molecule has 2 aliphatic rings. The SMILES string of the molecule is CC1=CC2=CN=[C]C2=C1. The molecule has 1 nitrogen and oxygen atoms in total. The molecule has 0 aromatic heterocycles. The molecule has 1 aliphatic carbocycles. The third-order valence-corrected chi connectivity index (χ3v) is 1.45. The summed E-state index contributed by atoms with van der Waals surface area (Å²) in [5.41, 5.74) is 3.62. The molecule has 0 aromatic carbocycles. The Kier molecular flexibility index (Phi) is 0.758. The van der Waals surface area contributed by atoms with Crippen LogP contribution in [0.5, 0.6) is 0 Å². The Bertz CT molecular complexity index is 264. The maximum absolute atomic E-state index is 3.88. The Morgan fingerprint density at radius 2 is 2.33 bits per heavy atom. The Morgan fingerprint density at radius 1 is 1.44 bits per heavy atom. The molecule has 0 fully saturated rings. The van der Waals surface area contributed by atoms with Crippen LogP contribution in [0.4, 0.5) is 0 Å². The maximum Gasteiger partial charge on any atom is 0.0971 e. The average molecular weight is 116 g/mol. The molecule has 0 aromatic rings. The largest absolute Gasteiger partial charge is 0.253 e. The molecule has 0 amide bonds. The summed E-state index contributed by atoms with van der Waals surface area (Å²) in [5.74, 6) is 0. The molecular weight excluding hydrogens is 110 g/mol. The molecule has 43 valence electrons. The van der Waals surface area contributed by atoms with Crippen molar-refractivity contribution in [3.8, 4) is 0 Å². The van der Waals surface area contributed by atoms with Gasteiger partial charge in [-0.25, -0.2) is 0 Å². The Labute approximate surface area is 54.1 Å². The first-order valence-electron chi connectivity index (χ1n) is 2.93. The fourth-order valence-electron chi connectivity index (χ4n) is 1.05. The molecular formula is C8H6N. The van der Waals surface area contributed by atoms with Crippen LogP contribution in [-0.4, -0.2) is 6.21 Å². The molecule has 9 heavy (non-hydrogen) atoms. The van der Waals surface area contributed by atoms with Gasteiger partial charge in [0.25, 0.3) is 0 Å². The molecule has 0 spiro atoms. The third-order valence-electron chi connectivity index (χ3n) is 1.45. The van der Waals surface area contributed by atoms with E-state index in [1.165, 1.54) is 11.1 Å². The first kappa shape index (κ1) is 4.74. The highest BCUT2D eigenvalue weighted by Crippen LogP contribution is 2.24. The molecule has 0 saturated carbocycles. The van der Waals surface area contributed by atoms with Gasteiger partial charge in [0.05, 0.1) is 6.21 Å². The van der Waals surface area contributed by atoms with E-state index in [0.717, 1.165) is 5.57 Å². The summed E-state index contributed by atoms with van der Waals surface area (Å²) in [6.45, 7) is 2.08. The predicted molar refractivity (Wildman–Crippen MR) is 37.4 cm³/mol. The number of fused-ring (bicyclic) bond motifs is 1. The van der Waals surface area contributed by atoms with E-state index in [1.54, 1.807) is 0 Å². The number of hydrogen-bond acceptors (Lipinski definition) is 1. The second-order valence-corrected chi connectivity index (χ2v) is 2.27. The molecule has 0 unspecified atom stereocenters. The van der Waals surface area contributed by atoms with Crippen LogP contribution in [0.15, 0.2) is 40.1 Å². The zero-order valence-electron chi connectivity index (χ0n) is 5.18. The van der Waals surface area contributed by atoms with Gasteiger partial charge >= 0.3 is 0 Å². The van der Waals surface area contributed by atoms with Gasteiger partial charge in [-0.3, -0.25) is 4.99 Å². The van der Waals surface area contributed by atoms with E-state index in [4.69, 9.17) is 0 Å². The molecule has 0 atom stereocenters. The molecule has 2 rings (SSSR count). The van der Waals surface area contributed by atoms with E-state index in [2.05, 4.69) is 30.3 Å². The van der Waals surface area contributed by atoms with Crippen molar-refractivity contribution in [1.82, 2.24) is 0 Å². The molecule has 0 saturated heterocycles. The fraction of sp³-hybridized carbons (Fsp3) is 0.125. The van der Waals surface area contributed by atoms with Crippen molar-refractivity contribution < 1.29 is 0 Å². The second kappa shape index (κ2) is 1.44. The topological polar surface area (TPSA) is 12.4 Å².